The molecule has 0 bridgehead atoms. The van der Waals surface area contributed by atoms with Crippen LogP contribution in [0.25, 0.3) is 0 Å². The van der Waals surface area contributed by atoms with Crippen molar-refractivity contribution in [1.29, 1.82) is 0 Å². The number of rotatable bonds is 9. The first-order valence-electron chi connectivity index (χ1n) is 8.72. The van der Waals surface area contributed by atoms with Crippen molar-refractivity contribution >= 4 is 17.9 Å². The van der Waals surface area contributed by atoms with Gasteiger partial charge in [0.15, 0.2) is 12.2 Å². The van der Waals surface area contributed by atoms with Crippen LogP contribution >= 0.6 is 0 Å². The van der Waals surface area contributed by atoms with Gasteiger partial charge in [0.25, 0.3) is 0 Å². The second kappa shape index (κ2) is 9.75. The Kier molecular flexibility index (Phi) is 7.39. The largest absolute Gasteiger partial charge is 0.463 e. The number of esters is 3. The highest BCUT2D eigenvalue weighted by atomic mass is 16.6. The van der Waals surface area contributed by atoms with Gasteiger partial charge in [-0.15, -0.1) is 0 Å². The van der Waals surface area contributed by atoms with E-state index in [0.717, 1.165) is 0 Å². The molecule has 2 heterocycles. The molecule has 2 aromatic heterocycles. The number of nitrogens with one attached hydrogen (secondary N) is 2. The molecule has 9 heteroatoms. The first-order chi connectivity index (χ1) is 13.3. The summed E-state index contributed by atoms with van der Waals surface area (Å²) >= 11 is 0. The fourth-order valence-electron chi connectivity index (χ4n) is 2.97. The molecule has 28 heavy (non-hydrogen) atoms. The fourth-order valence-corrected chi connectivity index (χ4v) is 2.97. The number of hydrogen-bond acceptors (Lipinski definition) is 7. The number of carbonyl (C=O) groups excluding carboxylic acids is 3. The highest BCUT2D eigenvalue weighted by Crippen LogP contribution is 2.32. The summed E-state index contributed by atoms with van der Waals surface area (Å²) in [5.41, 5.74) is 1.34. The van der Waals surface area contributed by atoms with Crippen LogP contribution in [0, 0.1) is 0 Å². The van der Waals surface area contributed by atoms with Crippen molar-refractivity contribution < 1.29 is 33.7 Å². The SMILES string of the molecule is CC(=O)OC[C@@H](O)[C@@H](OC(C)=O)[C@@H](OC(C)=O)C(c1ccc[nH]1)c1ccc[nH]1. The zero-order valence-corrected chi connectivity index (χ0v) is 15.9. The van der Waals surface area contributed by atoms with E-state index >= 15 is 0 Å². The molecule has 0 aliphatic rings. The van der Waals surface area contributed by atoms with E-state index in [0.29, 0.717) is 11.4 Å². The minimum absolute atomic E-state index is 0.423. The number of aromatic nitrogens is 2. The standard InChI is InChI=1S/C19H24N2O7/c1-11(22)26-10-16(25)18(27-12(2)23)19(28-13(3)24)17(14-6-4-8-20-14)15-7-5-9-21-15/h4-9,16-21,25H,10H2,1-3H3/t16-,18-,19+/m1/s1. The van der Waals surface area contributed by atoms with E-state index in [2.05, 4.69) is 9.97 Å². The van der Waals surface area contributed by atoms with Crippen LogP contribution in [0.1, 0.15) is 38.1 Å². The average molecular weight is 392 g/mol. The zero-order chi connectivity index (χ0) is 20.7. The quantitative estimate of drug-likeness (QED) is 0.432. The van der Waals surface area contributed by atoms with Gasteiger partial charge in [-0.25, -0.2) is 0 Å². The molecule has 0 fully saturated rings. The summed E-state index contributed by atoms with van der Waals surface area (Å²) < 4.78 is 15.6. The lowest BCUT2D eigenvalue weighted by Crippen LogP contribution is -2.48. The molecule has 152 valence electrons. The summed E-state index contributed by atoms with van der Waals surface area (Å²) in [5, 5.41) is 10.6. The van der Waals surface area contributed by atoms with Gasteiger partial charge in [-0.05, 0) is 24.3 Å². The van der Waals surface area contributed by atoms with E-state index < -0.39 is 48.7 Å². The maximum atomic E-state index is 11.8. The monoisotopic (exact) mass is 392 g/mol. The molecular weight excluding hydrogens is 368 g/mol. The Hall–Kier alpha value is -3.07. The predicted molar refractivity (Wildman–Crippen MR) is 97.2 cm³/mol. The molecule has 3 atom stereocenters. The van der Waals surface area contributed by atoms with E-state index in [9.17, 15) is 19.5 Å². The Morgan fingerprint density at radius 3 is 1.79 bits per heavy atom. The minimum Gasteiger partial charge on any atom is -0.463 e. The van der Waals surface area contributed by atoms with Gasteiger partial charge < -0.3 is 29.3 Å². The Morgan fingerprint density at radius 1 is 0.893 bits per heavy atom. The first kappa shape index (κ1) is 21.2. The molecule has 3 N–H and O–H groups in total. The Balaban J connectivity index is 2.46. The number of hydrogen-bond donors (Lipinski definition) is 3. The van der Waals surface area contributed by atoms with Crippen LogP contribution in [-0.2, 0) is 28.6 Å². The van der Waals surface area contributed by atoms with Gasteiger partial charge in [-0.3, -0.25) is 14.4 Å². The molecule has 0 unspecified atom stereocenters. The van der Waals surface area contributed by atoms with E-state index in [1.807, 2.05) is 0 Å². The molecule has 0 radical (unpaired) electrons. The van der Waals surface area contributed by atoms with Crippen LogP contribution in [0.3, 0.4) is 0 Å². The molecule has 0 aromatic carbocycles. The molecule has 9 nitrogen and oxygen atoms in total. The molecule has 0 aliphatic carbocycles. The predicted octanol–water partition coefficient (Wildman–Crippen LogP) is 1.26. The van der Waals surface area contributed by atoms with Crippen molar-refractivity contribution in [1.82, 2.24) is 9.97 Å². The van der Waals surface area contributed by atoms with E-state index in [4.69, 9.17) is 14.2 Å². The summed E-state index contributed by atoms with van der Waals surface area (Å²) in [4.78, 5) is 40.7. The van der Waals surface area contributed by atoms with Crippen LogP contribution in [0.15, 0.2) is 36.7 Å². The summed E-state index contributed by atoms with van der Waals surface area (Å²) in [7, 11) is 0. The van der Waals surface area contributed by atoms with E-state index in [1.165, 1.54) is 20.8 Å². The highest BCUT2D eigenvalue weighted by molar-refractivity contribution is 5.68. The Bertz CT molecular complexity index is 736. The van der Waals surface area contributed by atoms with Gasteiger partial charge in [0.2, 0.25) is 0 Å². The summed E-state index contributed by atoms with van der Waals surface area (Å²) in [6.07, 6.45) is -0.385. The van der Waals surface area contributed by atoms with Crippen molar-refractivity contribution in [3.8, 4) is 0 Å². The Labute approximate surface area is 162 Å². The number of carbonyl (C=O) groups is 3. The second-order valence-corrected chi connectivity index (χ2v) is 6.25. The van der Waals surface area contributed by atoms with Crippen LogP contribution in [-0.4, -0.2) is 57.9 Å². The highest BCUT2D eigenvalue weighted by Gasteiger charge is 2.42. The second-order valence-electron chi connectivity index (χ2n) is 6.25. The lowest BCUT2D eigenvalue weighted by Gasteiger charge is -2.34. The molecule has 0 spiro atoms. The number of aliphatic hydroxyl groups is 1. The molecular formula is C19H24N2O7. The van der Waals surface area contributed by atoms with Gasteiger partial charge in [0, 0.05) is 44.6 Å². The molecule has 0 saturated carbocycles. The maximum Gasteiger partial charge on any atom is 0.303 e. The maximum absolute atomic E-state index is 11.8. The van der Waals surface area contributed by atoms with Crippen LogP contribution in [0.2, 0.25) is 0 Å². The molecule has 0 amide bonds. The number of H-pyrrole nitrogens is 2. The van der Waals surface area contributed by atoms with E-state index in [1.54, 1.807) is 36.7 Å². The van der Waals surface area contributed by atoms with Crippen molar-refractivity contribution in [2.24, 2.45) is 0 Å². The summed E-state index contributed by atoms with van der Waals surface area (Å²) in [5.74, 6) is -2.51. The minimum atomic E-state index is -1.41. The van der Waals surface area contributed by atoms with Crippen molar-refractivity contribution in [2.75, 3.05) is 6.61 Å². The van der Waals surface area contributed by atoms with Crippen LogP contribution < -0.4 is 0 Å². The van der Waals surface area contributed by atoms with Gasteiger partial charge >= 0.3 is 17.9 Å². The lowest BCUT2D eigenvalue weighted by atomic mass is 9.89. The third-order valence-electron chi connectivity index (χ3n) is 4.01. The first-order valence-corrected chi connectivity index (χ1v) is 8.72. The lowest BCUT2D eigenvalue weighted by molar-refractivity contribution is -0.181. The van der Waals surface area contributed by atoms with Crippen molar-refractivity contribution in [3.63, 3.8) is 0 Å². The summed E-state index contributed by atoms with van der Waals surface area (Å²) in [6, 6.07) is 7.11. The van der Waals surface area contributed by atoms with Gasteiger partial charge in [-0.1, -0.05) is 0 Å². The topological polar surface area (TPSA) is 131 Å². The number of aromatic amines is 2. The number of ether oxygens (including phenoxy) is 3. The molecule has 0 saturated heterocycles. The molecule has 2 aromatic rings. The van der Waals surface area contributed by atoms with Crippen LogP contribution in [0.4, 0.5) is 0 Å². The zero-order valence-electron chi connectivity index (χ0n) is 15.9. The third-order valence-corrected chi connectivity index (χ3v) is 4.01. The molecule has 2 rings (SSSR count). The van der Waals surface area contributed by atoms with E-state index in [-0.39, 0.29) is 0 Å². The number of aliphatic hydroxyl groups excluding tert-OH is 1. The van der Waals surface area contributed by atoms with Crippen molar-refractivity contribution in [2.45, 2.75) is 45.0 Å². The smallest absolute Gasteiger partial charge is 0.303 e. The van der Waals surface area contributed by atoms with Crippen molar-refractivity contribution in [3.05, 3.63) is 48.0 Å². The Morgan fingerprint density at radius 2 is 1.39 bits per heavy atom. The fraction of sp³-hybridized carbons (Fsp3) is 0.421. The van der Waals surface area contributed by atoms with Gasteiger partial charge in [-0.2, -0.15) is 0 Å². The van der Waals surface area contributed by atoms with Crippen LogP contribution in [0.5, 0.6) is 0 Å². The summed E-state index contributed by atoms with van der Waals surface area (Å²) in [6.45, 7) is 3.16. The average Bonchev–Trinajstić information content (AvgIpc) is 3.31. The third kappa shape index (κ3) is 5.71. The van der Waals surface area contributed by atoms with Gasteiger partial charge in [0.05, 0.1) is 5.92 Å². The normalized spacial score (nSPS) is 14.2. The van der Waals surface area contributed by atoms with Gasteiger partial charge in [0.1, 0.15) is 12.7 Å². The molecule has 0 aliphatic heterocycles.